The maximum atomic E-state index is 13.7. The van der Waals surface area contributed by atoms with Crippen molar-refractivity contribution in [2.24, 2.45) is 4.74 Å². The molecule has 5 N–H and O–H groups in total. The molecule has 0 spiro atoms. The Morgan fingerprint density at radius 2 is 1.26 bits per heavy atom. The molecule has 1 amide bonds. The number of H-pyrrole nitrogens is 1. The summed E-state index contributed by atoms with van der Waals surface area (Å²) < 4.78 is 35.4. The number of carbonyl (C=O) groups is 1. The highest BCUT2D eigenvalue weighted by Gasteiger charge is 2.37. The van der Waals surface area contributed by atoms with E-state index in [4.69, 9.17) is 44.7 Å². The number of rotatable bonds is 8. The van der Waals surface area contributed by atoms with Crippen LogP contribution in [-0.2, 0) is 32.9 Å². The predicted octanol–water partition coefficient (Wildman–Crippen LogP) is 7.78. The Balaban J connectivity index is 0.000000248. The Morgan fingerprint density at radius 3 is 1.76 bits per heavy atom. The normalized spacial score (nSPS) is 14.0. The van der Waals surface area contributed by atoms with Crippen LogP contribution >= 0.6 is 7.05 Å². The van der Waals surface area contributed by atoms with Crippen LogP contribution in [0.2, 0.25) is 0 Å². The molecule has 7 heterocycles. The van der Waals surface area contributed by atoms with Crippen molar-refractivity contribution in [1.82, 2.24) is 39.5 Å². The minimum absolute atomic E-state index is 0. The number of imidazole rings is 1. The first-order chi connectivity index (χ1) is 38.6. The lowest BCUT2D eigenvalue weighted by Crippen LogP contribution is -2.33. The van der Waals surface area contributed by atoms with Crippen molar-refractivity contribution in [3.05, 3.63) is 184 Å². The summed E-state index contributed by atoms with van der Waals surface area (Å²) in [5.74, 6) is 0.606. The lowest BCUT2D eigenvalue weighted by Gasteiger charge is -2.27. The van der Waals surface area contributed by atoms with E-state index in [0.29, 0.717) is 60.3 Å². The fraction of sp³-hybridized carbons (Fsp3) is 0.208. The molecular formula is C53H55N12O14P. The van der Waals surface area contributed by atoms with E-state index < -0.39 is 23.8 Å². The van der Waals surface area contributed by atoms with Gasteiger partial charge in [-0.3, -0.25) is 24.6 Å². The average Bonchev–Trinajstić information content (AvgIpc) is 3.86. The Hall–Kier alpha value is -9.43. The van der Waals surface area contributed by atoms with Gasteiger partial charge in [-0.1, -0.05) is 123 Å². The van der Waals surface area contributed by atoms with E-state index in [1.807, 2.05) is 115 Å². The molecule has 0 saturated carbocycles. The summed E-state index contributed by atoms with van der Waals surface area (Å²) in [4.78, 5) is 68.5. The van der Waals surface area contributed by atoms with Gasteiger partial charge in [-0.25, -0.2) is 29.7 Å². The standard InChI is InChI=1S/C36H33N6O6P.C16H16N6O3.CH4.H2O5/c1-2-46-36(43)41-26-30-31(22-15-23-37-30)47-24-13-6-14-25-48-35-38-33(32(42(44)45)34(41)39-35)40-49(27-16-7-3-8-17-27,28-18-9-4-10-19-28)29-20-11-5-12-21-29;17-13-12-14-21-15(20-13)25-8-3-1-2-7-24-11-5-4-6-18-10(11)9-22(14)16(23)19-12;;1-3-5-4-2/h3-12,14-23H,2,13,24-26H2,1H3;1,3-6H,2,7-9H2,(H,19,23)(H2,17,20,21);1H4;1-2H/b14-6-;3-1-;;. The molecule has 4 bridgehead atoms. The van der Waals surface area contributed by atoms with Gasteiger partial charge in [0.15, 0.2) is 11.5 Å². The maximum absolute atomic E-state index is 13.7. The molecule has 8 aromatic rings. The number of fused-ring (bicyclic) bond motifs is 5. The van der Waals surface area contributed by atoms with Crippen molar-refractivity contribution in [3.8, 4) is 23.5 Å². The number of pyridine rings is 2. The molecule has 0 saturated heterocycles. The summed E-state index contributed by atoms with van der Waals surface area (Å²) in [7, 11) is -3.06. The number of hydrogen-bond acceptors (Lipinski definition) is 22. The quantitative estimate of drug-likeness (QED) is 0.0371. The van der Waals surface area contributed by atoms with E-state index in [1.54, 1.807) is 43.6 Å². The Morgan fingerprint density at radius 1 is 0.738 bits per heavy atom. The molecular weight excluding hydrogens is 1060 g/mol. The van der Waals surface area contributed by atoms with Gasteiger partial charge in [-0.15, -0.1) is 0 Å². The van der Waals surface area contributed by atoms with Gasteiger partial charge in [0.1, 0.15) is 41.6 Å². The van der Waals surface area contributed by atoms with Crippen LogP contribution in [0, 0.1) is 10.1 Å². The first kappa shape index (κ1) is 58.3. The molecule has 0 fully saturated rings. The van der Waals surface area contributed by atoms with Gasteiger partial charge in [0.2, 0.25) is 11.6 Å². The summed E-state index contributed by atoms with van der Waals surface area (Å²) in [6, 6.07) is 35.9. The fourth-order valence-electron chi connectivity index (χ4n) is 8.01. The number of nitrogens with two attached hydrogens (primary N) is 1. The number of amides is 1. The van der Waals surface area contributed by atoms with Crippen molar-refractivity contribution < 1.29 is 59.0 Å². The van der Waals surface area contributed by atoms with E-state index in [9.17, 15) is 19.7 Å². The number of nitrogens with one attached hydrogen (secondary N) is 1. The largest absolute Gasteiger partial charge is 0.491 e. The van der Waals surface area contributed by atoms with Crippen LogP contribution in [0.15, 0.2) is 161 Å². The van der Waals surface area contributed by atoms with Crippen LogP contribution in [0.25, 0.3) is 11.2 Å². The Labute approximate surface area is 456 Å². The third kappa shape index (κ3) is 14.2. The van der Waals surface area contributed by atoms with Gasteiger partial charge in [-0.05, 0) is 59.1 Å². The first-order valence-corrected chi connectivity index (χ1v) is 25.9. The van der Waals surface area contributed by atoms with Gasteiger partial charge in [0, 0.05) is 28.3 Å². The third-order valence-corrected chi connectivity index (χ3v) is 15.1. The molecule has 10 rings (SSSR count). The highest BCUT2D eigenvalue weighted by molar-refractivity contribution is 7.87. The number of aromatic amines is 1. The van der Waals surface area contributed by atoms with Gasteiger partial charge in [0.05, 0.1) is 44.9 Å². The molecule has 5 aromatic heterocycles. The molecule has 416 valence electrons. The lowest BCUT2D eigenvalue weighted by atomic mass is 10.3. The second-order valence-corrected chi connectivity index (χ2v) is 19.4. The second-order valence-electron chi connectivity index (χ2n) is 16.3. The number of nitrogen functional groups attached to an aromatic ring is 1. The lowest BCUT2D eigenvalue weighted by molar-refractivity contribution is -0.695. The highest BCUT2D eigenvalue weighted by Crippen LogP contribution is 2.52. The van der Waals surface area contributed by atoms with E-state index in [2.05, 4.69) is 50.0 Å². The predicted molar refractivity (Wildman–Crippen MR) is 294 cm³/mol. The molecule has 2 aliphatic rings. The summed E-state index contributed by atoms with van der Waals surface area (Å²) >= 11 is 0. The van der Waals surface area contributed by atoms with Crippen molar-refractivity contribution in [2.45, 2.75) is 40.3 Å². The molecule has 80 heavy (non-hydrogen) atoms. The highest BCUT2D eigenvalue weighted by atomic mass is 31.2. The van der Waals surface area contributed by atoms with Crippen LogP contribution < -0.4 is 51.2 Å². The van der Waals surface area contributed by atoms with Gasteiger partial charge in [-0.2, -0.15) is 19.9 Å². The Bertz CT molecular complexity index is 3410. The summed E-state index contributed by atoms with van der Waals surface area (Å²) in [5, 5.41) is 38.2. The summed E-state index contributed by atoms with van der Waals surface area (Å²) in [6.45, 7) is 2.80. The van der Waals surface area contributed by atoms with Crippen LogP contribution in [-0.4, -0.2) is 94.0 Å². The zero-order valence-corrected chi connectivity index (χ0v) is 43.0. The van der Waals surface area contributed by atoms with E-state index in [1.165, 1.54) is 4.57 Å². The topological polar surface area (TPSA) is 331 Å². The van der Waals surface area contributed by atoms with Crippen molar-refractivity contribution in [1.29, 1.82) is 0 Å². The van der Waals surface area contributed by atoms with Crippen LogP contribution in [0.5, 0.6) is 23.5 Å². The number of anilines is 2. The molecule has 0 atom stereocenters. The summed E-state index contributed by atoms with van der Waals surface area (Å²) in [6.07, 6.45) is 11.1. The minimum atomic E-state index is -3.06. The molecule has 26 nitrogen and oxygen atoms in total. The van der Waals surface area contributed by atoms with Crippen molar-refractivity contribution >= 4 is 63.4 Å². The van der Waals surface area contributed by atoms with Crippen molar-refractivity contribution in [2.75, 3.05) is 43.7 Å². The maximum Gasteiger partial charge on any atom is 0.416 e. The van der Waals surface area contributed by atoms with E-state index in [-0.39, 0.29) is 68.9 Å². The van der Waals surface area contributed by atoms with Crippen molar-refractivity contribution in [3.63, 3.8) is 0 Å². The zero-order chi connectivity index (χ0) is 55.4. The SMILES string of the molecule is C.CCOC(=O)N1Cc2ncccc2OCC/C=C\COc2nc(N=P(c3ccccc3)(c3ccccc3)c3ccccc3)c([N+](=O)[O-])c1n2.Nc1nc2nc3c1[nH]c(=O)n3Cc1ncccc1OCC/C=C\CO2.OOOOO. The van der Waals surface area contributed by atoms with Crippen LogP contribution in [0.4, 0.5) is 27.9 Å². The molecule has 0 aliphatic carbocycles. The van der Waals surface area contributed by atoms with E-state index in [0.717, 1.165) is 27.2 Å². The summed E-state index contributed by atoms with van der Waals surface area (Å²) in [5.41, 5.74) is 6.71. The monoisotopic (exact) mass is 1110 g/mol. The second kappa shape index (κ2) is 28.8. The number of carbonyl (C=O) groups excluding carboxylic acids is 1. The number of nitro groups is 1. The molecule has 0 radical (unpaired) electrons. The molecule has 0 unspecified atom stereocenters. The van der Waals surface area contributed by atoms with Crippen LogP contribution in [0.1, 0.15) is 38.6 Å². The van der Waals surface area contributed by atoms with Gasteiger partial charge < -0.3 is 34.4 Å². The zero-order valence-electron chi connectivity index (χ0n) is 42.1. The first-order valence-electron chi connectivity index (χ1n) is 24.2. The number of nitrogens with zero attached hydrogens (tertiary/aromatic N) is 10. The van der Waals surface area contributed by atoms with Gasteiger partial charge >= 0.3 is 29.5 Å². The number of benzene rings is 3. The number of aromatic nitrogens is 8. The smallest absolute Gasteiger partial charge is 0.416 e. The molecule has 3 aromatic carbocycles. The van der Waals surface area contributed by atoms with Crippen LogP contribution in [0.3, 0.4) is 0 Å². The van der Waals surface area contributed by atoms with E-state index >= 15 is 0 Å². The molecule has 2 aliphatic heterocycles. The average molecular weight is 1120 g/mol. The Kier molecular flexibility index (Phi) is 21.0. The third-order valence-electron chi connectivity index (χ3n) is 11.4. The fourth-order valence-corrected chi connectivity index (χ4v) is 11.5. The number of hydrogen-bond donors (Lipinski definition) is 4. The number of ether oxygens (including phenoxy) is 5. The van der Waals surface area contributed by atoms with Gasteiger partial charge in [0.25, 0.3) is 0 Å². The molecule has 27 heteroatoms. The minimum Gasteiger partial charge on any atom is -0.491 e.